The highest BCUT2D eigenvalue weighted by Crippen LogP contribution is 2.34. The zero-order chi connectivity index (χ0) is 11.0. The van der Waals surface area contributed by atoms with Crippen LogP contribution in [0, 0.1) is 5.92 Å². The van der Waals surface area contributed by atoms with Crippen molar-refractivity contribution >= 4 is 5.96 Å². The van der Waals surface area contributed by atoms with Gasteiger partial charge >= 0.3 is 0 Å². The van der Waals surface area contributed by atoms with Gasteiger partial charge in [0.05, 0.1) is 6.04 Å². The molecule has 3 saturated carbocycles. The number of rotatable bonds is 4. The Balaban J connectivity index is 1.61. The van der Waals surface area contributed by atoms with Crippen LogP contribution in [0.5, 0.6) is 0 Å². The molecule has 0 aliphatic heterocycles. The molecule has 3 aliphatic rings. The van der Waals surface area contributed by atoms with Crippen LogP contribution in [0.3, 0.4) is 0 Å². The maximum absolute atomic E-state index is 6.19. The fraction of sp³-hybridized carbons (Fsp3) is 0.923. The molecule has 2 N–H and O–H groups in total. The fourth-order valence-corrected chi connectivity index (χ4v) is 2.69. The topological polar surface area (TPSA) is 41.6 Å². The summed E-state index contributed by atoms with van der Waals surface area (Å²) in [7, 11) is 0. The summed E-state index contributed by atoms with van der Waals surface area (Å²) in [5, 5.41) is 0. The zero-order valence-corrected chi connectivity index (χ0v) is 10.1. The molecule has 3 rings (SSSR count). The molecule has 3 heteroatoms. The van der Waals surface area contributed by atoms with Gasteiger partial charge in [0.15, 0.2) is 5.96 Å². The monoisotopic (exact) mass is 221 g/mol. The molecule has 90 valence electrons. The molecule has 3 aliphatic carbocycles. The molecule has 0 bridgehead atoms. The number of hydrogen-bond donors (Lipinski definition) is 1. The van der Waals surface area contributed by atoms with Crippen molar-refractivity contribution in [1.29, 1.82) is 0 Å². The first-order chi connectivity index (χ1) is 7.83. The molecular formula is C13H23N3. The van der Waals surface area contributed by atoms with Crippen LogP contribution in [0.25, 0.3) is 0 Å². The first kappa shape index (κ1) is 10.4. The third-order valence-corrected chi connectivity index (χ3v) is 4.07. The van der Waals surface area contributed by atoms with Crippen molar-refractivity contribution in [2.45, 2.75) is 63.5 Å². The highest BCUT2D eigenvalue weighted by atomic mass is 15.3. The van der Waals surface area contributed by atoms with E-state index < -0.39 is 0 Å². The molecular weight excluding hydrogens is 198 g/mol. The summed E-state index contributed by atoms with van der Waals surface area (Å²) in [6.07, 6.45) is 10.6. The van der Waals surface area contributed by atoms with Crippen molar-refractivity contribution in [2.75, 3.05) is 6.54 Å². The number of nitrogens with zero attached hydrogens (tertiary/aromatic N) is 2. The Morgan fingerprint density at radius 1 is 1.06 bits per heavy atom. The van der Waals surface area contributed by atoms with Gasteiger partial charge in [0.2, 0.25) is 0 Å². The Kier molecular flexibility index (Phi) is 2.78. The molecule has 0 spiro atoms. The molecule has 0 aromatic carbocycles. The summed E-state index contributed by atoms with van der Waals surface area (Å²) in [5.41, 5.74) is 6.19. The summed E-state index contributed by atoms with van der Waals surface area (Å²) in [6.45, 7) is 1.17. The van der Waals surface area contributed by atoms with E-state index in [1.54, 1.807) is 0 Å². The summed E-state index contributed by atoms with van der Waals surface area (Å²) in [6, 6.07) is 1.26. The van der Waals surface area contributed by atoms with Crippen molar-refractivity contribution in [3.63, 3.8) is 0 Å². The Hall–Kier alpha value is -0.730. The highest BCUT2D eigenvalue weighted by Gasteiger charge is 2.35. The quantitative estimate of drug-likeness (QED) is 0.583. The molecule has 3 nitrogen and oxygen atoms in total. The summed E-state index contributed by atoms with van der Waals surface area (Å²) in [4.78, 5) is 7.14. The SMILES string of the molecule is NC(=NC1CCCC1)N(CC1CC1)C1CC1. The van der Waals surface area contributed by atoms with Gasteiger partial charge in [-0.2, -0.15) is 0 Å². The maximum atomic E-state index is 6.19. The van der Waals surface area contributed by atoms with Gasteiger partial charge in [0.1, 0.15) is 0 Å². The standard InChI is InChI=1S/C13H23N3/c14-13(15-11-3-1-2-4-11)16(12-7-8-12)9-10-5-6-10/h10-12H,1-9H2,(H2,14,15). The number of aliphatic imine (C=N–C) groups is 1. The molecule has 0 heterocycles. The van der Waals surface area contributed by atoms with Crippen LogP contribution in [-0.4, -0.2) is 29.5 Å². The minimum atomic E-state index is 0.528. The van der Waals surface area contributed by atoms with Crippen molar-refractivity contribution < 1.29 is 0 Å². The molecule has 0 radical (unpaired) electrons. The molecule has 16 heavy (non-hydrogen) atoms. The number of hydrogen-bond acceptors (Lipinski definition) is 1. The van der Waals surface area contributed by atoms with Crippen LogP contribution < -0.4 is 5.73 Å². The highest BCUT2D eigenvalue weighted by molar-refractivity contribution is 5.79. The van der Waals surface area contributed by atoms with E-state index in [9.17, 15) is 0 Å². The van der Waals surface area contributed by atoms with Crippen LogP contribution in [0.2, 0.25) is 0 Å². The lowest BCUT2D eigenvalue weighted by atomic mass is 10.3. The lowest BCUT2D eigenvalue weighted by Crippen LogP contribution is -2.41. The Morgan fingerprint density at radius 3 is 2.31 bits per heavy atom. The van der Waals surface area contributed by atoms with E-state index in [2.05, 4.69) is 4.90 Å². The van der Waals surface area contributed by atoms with E-state index in [0.29, 0.717) is 6.04 Å². The zero-order valence-electron chi connectivity index (χ0n) is 10.1. The van der Waals surface area contributed by atoms with Gasteiger partial charge in [-0.3, -0.25) is 0 Å². The second-order valence-electron chi connectivity index (χ2n) is 5.75. The molecule has 0 aromatic heterocycles. The predicted molar refractivity (Wildman–Crippen MR) is 66.3 cm³/mol. The van der Waals surface area contributed by atoms with Gasteiger partial charge in [0.25, 0.3) is 0 Å². The normalized spacial score (nSPS) is 27.4. The smallest absolute Gasteiger partial charge is 0.191 e. The van der Waals surface area contributed by atoms with E-state index in [-0.39, 0.29) is 0 Å². The van der Waals surface area contributed by atoms with E-state index in [1.807, 2.05) is 0 Å². The Morgan fingerprint density at radius 2 is 1.75 bits per heavy atom. The Bertz CT molecular complexity index is 273. The van der Waals surface area contributed by atoms with Crippen molar-refractivity contribution in [1.82, 2.24) is 4.90 Å². The van der Waals surface area contributed by atoms with Crippen LogP contribution in [-0.2, 0) is 0 Å². The van der Waals surface area contributed by atoms with Crippen LogP contribution in [0.15, 0.2) is 4.99 Å². The average Bonchev–Trinajstić information content (AvgIpc) is 3.17. The van der Waals surface area contributed by atoms with Crippen LogP contribution in [0.1, 0.15) is 51.4 Å². The predicted octanol–water partition coefficient (Wildman–Crippen LogP) is 2.12. The summed E-state index contributed by atoms with van der Waals surface area (Å²) < 4.78 is 0. The van der Waals surface area contributed by atoms with Gasteiger partial charge < -0.3 is 10.6 Å². The van der Waals surface area contributed by atoms with E-state index in [0.717, 1.165) is 17.9 Å². The lowest BCUT2D eigenvalue weighted by Gasteiger charge is -2.24. The van der Waals surface area contributed by atoms with Gasteiger partial charge in [0, 0.05) is 12.6 Å². The molecule has 0 amide bonds. The van der Waals surface area contributed by atoms with Crippen LogP contribution >= 0.6 is 0 Å². The fourth-order valence-electron chi connectivity index (χ4n) is 2.69. The van der Waals surface area contributed by atoms with Gasteiger partial charge in [-0.25, -0.2) is 4.99 Å². The van der Waals surface area contributed by atoms with E-state index in [4.69, 9.17) is 10.7 Å². The second kappa shape index (κ2) is 4.27. The van der Waals surface area contributed by atoms with E-state index in [1.165, 1.54) is 57.9 Å². The minimum absolute atomic E-state index is 0.528. The van der Waals surface area contributed by atoms with Crippen molar-refractivity contribution in [3.8, 4) is 0 Å². The van der Waals surface area contributed by atoms with Gasteiger partial charge in [-0.05, 0) is 44.4 Å². The largest absolute Gasteiger partial charge is 0.370 e. The third-order valence-electron chi connectivity index (χ3n) is 4.07. The first-order valence-electron chi connectivity index (χ1n) is 6.93. The summed E-state index contributed by atoms with van der Waals surface area (Å²) >= 11 is 0. The maximum Gasteiger partial charge on any atom is 0.191 e. The van der Waals surface area contributed by atoms with Crippen molar-refractivity contribution in [2.24, 2.45) is 16.6 Å². The minimum Gasteiger partial charge on any atom is -0.370 e. The molecule has 0 unspecified atom stereocenters. The second-order valence-corrected chi connectivity index (χ2v) is 5.75. The first-order valence-corrected chi connectivity index (χ1v) is 6.93. The molecule has 0 aromatic rings. The lowest BCUT2D eigenvalue weighted by molar-refractivity contribution is 0.382. The molecule has 0 atom stereocenters. The Labute approximate surface area is 98.1 Å². The van der Waals surface area contributed by atoms with Crippen LogP contribution in [0.4, 0.5) is 0 Å². The van der Waals surface area contributed by atoms with E-state index >= 15 is 0 Å². The average molecular weight is 221 g/mol. The number of nitrogens with two attached hydrogens (primary N) is 1. The summed E-state index contributed by atoms with van der Waals surface area (Å²) in [5.74, 6) is 1.76. The third kappa shape index (κ3) is 2.50. The molecule has 3 fully saturated rings. The number of guanidine groups is 1. The van der Waals surface area contributed by atoms with Gasteiger partial charge in [-0.1, -0.05) is 12.8 Å². The van der Waals surface area contributed by atoms with Gasteiger partial charge in [-0.15, -0.1) is 0 Å². The molecule has 0 saturated heterocycles. The van der Waals surface area contributed by atoms with Crippen molar-refractivity contribution in [3.05, 3.63) is 0 Å².